The lowest BCUT2D eigenvalue weighted by Crippen LogP contribution is -2.47. The highest BCUT2D eigenvalue weighted by Gasteiger charge is 2.29. The first-order chi connectivity index (χ1) is 18.0. The van der Waals surface area contributed by atoms with Gasteiger partial charge in [0.25, 0.3) is 11.8 Å². The van der Waals surface area contributed by atoms with Crippen molar-refractivity contribution in [2.75, 3.05) is 38.5 Å². The maximum atomic E-state index is 13.5. The number of nitrogens with zero attached hydrogens (tertiary/aromatic N) is 4. The van der Waals surface area contributed by atoms with E-state index >= 15 is 0 Å². The van der Waals surface area contributed by atoms with E-state index in [0.29, 0.717) is 30.2 Å². The van der Waals surface area contributed by atoms with Crippen molar-refractivity contribution in [1.82, 2.24) is 24.9 Å². The molecule has 3 aromatic rings. The monoisotopic (exact) mass is 502 g/mol. The standard InChI is InChI=1S/C28H34N6O3/c1-32-9-11-33(12-10-32)27(36)18-7-8-19-16-34(17-20(19)13-18)28(37)23-14-22-24(15-25(23)35)30-31-26(22)29-21-5-3-2-4-6-21/h7-8,13-15,21,35H,2-6,9-12,16-17H2,1H3,(H2,29,30,31). The first kappa shape index (κ1) is 23.8. The lowest BCUT2D eigenvalue weighted by Gasteiger charge is -2.32. The van der Waals surface area contributed by atoms with E-state index in [2.05, 4.69) is 27.5 Å². The van der Waals surface area contributed by atoms with Gasteiger partial charge in [0, 0.05) is 62.3 Å². The molecule has 0 atom stereocenters. The van der Waals surface area contributed by atoms with E-state index in [9.17, 15) is 14.7 Å². The van der Waals surface area contributed by atoms with Crippen molar-refractivity contribution in [2.24, 2.45) is 0 Å². The summed E-state index contributed by atoms with van der Waals surface area (Å²) in [6.07, 6.45) is 5.92. The number of amides is 2. The third-order valence-corrected chi connectivity index (χ3v) is 8.11. The van der Waals surface area contributed by atoms with Gasteiger partial charge in [-0.25, -0.2) is 0 Å². The molecule has 3 aliphatic rings. The minimum absolute atomic E-state index is 0.0433. The zero-order valence-electron chi connectivity index (χ0n) is 21.3. The third-order valence-electron chi connectivity index (χ3n) is 8.11. The number of aromatic nitrogens is 2. The second-order valence-electron chi connectivity index (χ2n) is 10.7. The Morgan fingerprint density at radius 3 is 2.49 bits per heavy atom. The van der Waals surface area contributed by atoms with Crippen LogP contribution in [0.2, 0.25) is 0 Å². The van der Waals surface area contributed by atoms with Gasteiger partial charge in [-0.05, 0) is 49.2 Å². The Morgan fingerprint density at radius 1 is 0.946 bits per heavy atom. The number of phenols is 1. The van der Waals surface area contributed by atoms with Crippen molar-refractivity contribution in [3.05, 3.63) is 52.6 Å². The quantitative estimate of drug-likeness (QED) is 0.504. The summed E-state index contributed by atoms with van der Waals surface area (Å²) in [4.78, 5) is 32.4. The summed E-state index contributed by atoms with van der Waals surface area (Å²) in [5.41, 5.74) is 3.65. The Hall–Kier alpha value is -3.59. The Morgan fingerprint density at radius 2 is 1.70 bits per heavy atom. The predicted molar refractivity (Wildman–Crippen MR) is 142 cm³/mol. The summed E-state index contributed by atoms with van der Waals surface area (Å²) in [5.74, 6) is 0.481. The fraction of sp³-hybridized carbons (Fsp3) is 0.464. The van der Waals surface area contributed by atoms with Gasteiger partial charge in [-0.3, -0.25) is 14.7 Å². The molecule has 1 aromatic heterocycles. The zero-order chi connectivity index (χ0) is 25.5. The largest absolute Gasteiger partial charge is 0.507 e. The number of rotatable bonds is 4. The number of carbonyl (C=O) groups excluding carboxylic acids is 2. The van der Waals surface area contributed by atoms with Crippen molar-refractivity contribution >= 4 is 28.5 Å². The van der Waals surface area contributed by atoms with Crippen LogP contribution < -0.4 is 5.32 Å². The van der Waals surface area contributed by atoms with Gasteiger partial charge >= 0.3 is 0 Å². The van der Waals surface area contributed by atoms with Crippen LogP contribution in [-0.2, 0) is 13.1 Å². The molecule has 0 bridgehead atoms. The van der Waals surface area contributed by atoms with Crippen molar-refractivity contribution in [3.8, 4) is 5.75 Å². The van der Waals surface area contributed by atoms with Gasteiger partial charge in [0.15, 0.2) is 5.82 Å². The Labute approximate surface area is 216 Å². The van der Waals surface area contributed by atoms with Gasteiger partial charge in [0.05, 0.1) is 11.1 Å². The Balaban J connectivity index is 1.19. The Bertz CT molecular complexity index is 1340. The minimum Gasteiger partial charge on any atom is -0.507 e. The molecule has 9 heteroatoms. The predicted octanol–water partition coefficient (Wildman–Crippen LogP) is 3.56. The summed E-state index contributed by atoms with van der Waals surface area (Å²) in [5, 5.41) is 22.4. The topological polar surface area (TPSA) is 105 Å². The molecule has 2 fully saturated rings. The molecule has 3 N–H and O–H groups in total. The molecule has 2 amide bonds. The lowest BCUT2D eigenvalue weighted by molar-refractivity contribution is 0.0663. The van der Waals surface area contributed by atoms with Gasteiger partial charge in [-0.15, -0.1) is 0 Å². The third kappa shape index (κ3) is 4.64. The normalized spacial score (nSPS) is 18.8. The SMILES string of the molecule is CN1CCN(C(=O)c2ccc3c(c2)CN(C(=O)c2cc4c(NC5CCCCC5)n[nH]c4cc2O)C3)CC1. The number of piperazine rings is 1. The van der Waals surface area contributed by atoms with Crippen molar-refractivity contribution in [2.45, 2.75) is 51.2 Å². The molecule has 2 aliphatic heterocycles. The summed E-state index contributed by atoms with van der Waals surface area (Å²) in [6, 6.07) is 9.45. The highest BCUT2D eigenvalue weighted by molar-refractivity contribution is 6.03. The second-order valence-corrected chi connectivity index (χ2v) is 10.7. The average Bonchev–Trinajstić information content (AvgIpc) is 3.52. The number of hydrogen-bond acceptors (Lipinski definition) is 6. The van der Waals surface area contributed by atoms with Gasteiger partial charge in [0.2, 0.25) is 0 Å². The molecule has 0 unspecified atom stereocenters. The van der Waals surface area contributed by atoms with Crippen LogP contribution in [0.25, 0.3) is 10.9 Å². The van der Waals surface area contributed by atoms with Crippen LogP contribution in [0.1, 0.15) is 63.9 Å². The number of phenolic OH excluding ortho intramolecular Hbond substituents is 1. The van der Waals surface area contributed by atoms with Crippen LogP contribution in [0, 0.1) is 0 Å². The molecule has 0 spiro atoms. The number of nitrogens with one attached hydrogen (secondary N) is 2. The number of likely N-dealkylation sites (N-methyl/N-ethyl adjacent to an activating group) is 1. The van der Waals surface area contributed by atoms with E-state index in [4.69, 9.17) is 0 Å². The summed E-state index contributed by atoms with van der Waals surface area (Å²) in [6.45, 7) is 4.07. The lowest BCUT2D eigenvalue weighted by atomic mass is 9.95. The number of anilines is 1. The number of aromatic hydroxyl groups is 1. The first-order valence-electron chi connectivity index (χ1n) is 13.3. The molecule has 6 rings (SSSR count). The van der Waals surface area contributed by atoms with Gasteiger partial charge in [-0.2, -0.15) is 5.10 Å². The highest BCUT2D eigenvalue weighted by atomic mass is 16.3. The number of hydrogen-bond donors (Lipinski definition) is 3. The molecule has 1 aliphatic carbocycles. The highest BCUT2D eigenvalue weighted by Crippen LogP contribution is 2.33. The van der Waals surface area contributed by atoms with E-state index in [1.165, 1.54) is 19.3 Å². The maximum absolute atomic E-state index is 13.5. The molecular weight excluding hydrogens is 468 g/mol. The van der Waals surface area contributed by atoms with Crippen LogP contribution >= 0.6 is 0 Å². The summed E-state index contributed by atoms with van der Waals surface area (Å²) >= 11 is 0. The maximum Gasteiger partial charge on any atom is 0.258 e. The molecular formula is C28H34N6O3. The van der Waals surface area contributed by atoms with Gasteiger partial charge in [-0.1, -0.05) is 25.3 Å². The van der Waals surface area contributed by atoms with Crippen LogP contribution in [0.5, 0.6) is 5.75 Å². The number of benzene rings is 2. The van der Waals surface area contributed by atoms with Crippen LogP contribution in [0.15, 0.2) is 30.3 Å². The Kier molecular flexibility index (Phi) is 6.24. The fourth-order valence-electron chi connectivity index (χ4n) is 5.81. The summed E-state index contributed by atoms with van der Waals surface area (Å²) in [7, 11) is 2.07. The van der Waals surface area contributed by atoms with E-state index < -0.39 is 0 Å². The molecule has 1 saturated heterocycles. The smallest absolute Gasteiger partial charge is 0.258 e. The minimum atomic E-state index is -0.229. The van der Waals surface area contributed by atoms with E-state index in [-0.39, 0.29) is 23.1 Å². The van der Waals surface area contributed by atoms with Crippen LogP contribution in [0.3, 0.4) is 0 Å². The molecule has 1 saturated carbocycles. The van der Waals surface area contributed by atoms with Crippen LogP contribution in [-0.4, -0.2) is 81.1 Å². The molecule has 0 radical (unpaired) electrons. The van der Waals surface area contributed by atoms with E-state index in [1.54, 1.807) is 17.0 Å². The summed E-state index contributed by atoms with van der Waals surface area (Å²) < 4.78 is 0. The van der Waals surface area contributed by atoms with Crippen LogP contribution in [0.4, 0.5) is 5.82 Å². The first-order valence-corrected chi connectivity index (χ1v) is 13.3. The van der Waals surface area contributed by atoms with Gasteiger partial charge < -0.3 is 25.1 Å². The van der Waals surface area contributed by atoms with E-state index in [1.807, 2.05) is 23.1 Å². The molecule has 3 heterocycles. The molecule has 194 valence electrons. The van der Waals surface area contributed by atoms with Crippen molar-refractivity contribution in [3.63, 3.8) is 0 Å². The molecule has 9 nitrogen and oxygen atoms in total. The molecule has 37 heavy (non-hydrogen) atoms. The van der Waals surface area contributed by atoms with Crippen molar-refractivity contribution in [1.29, 1.82) is 0 Å². The van der Waals surface area contributed by atoms with E-state index in [0.717, 1.165) is 61.4 Å². The molecule has 2 aromatic carbocycles. The fourth-order valence-corrected chi connectivity index (χ4v) is 5.81. The zero-order valence-corrected chi connectivity index (χ0v) is 21.3. The number of aromatic amines is 1. The average molecular weight is 503 g/mol. The number of carbonyl (C=O) groups is 2. The number of H-pyrrole nitrogens is 1. The second kappa shape index (κ2) is 9.70. The number of fused-ring (bicyclic) bond motifs is 2. The van der Waals surface area contributed by atoms with Crippen molar-refractivity contribution < 1.29 is 14.7 Å². The van der Waals surface area contributed by atoms with Gasteiger partial charge in [0.1, 0.15) is 5.75 Å².